The molecule has 200 valence electrons. The van der Waals surface area contributed by atoms with Gasteiger partial charge in [-0.3, -0.25) is 19.2 Å². The molecule has 5 atom stereocenters. The lowest BCUT2D eigenvalue weighted by Gasteiger charge is -2.48. The van der Waals surface area contributed by atoms with E-state index in [1.165, 1.54) is 4.68 Å². The summed E-state index contributed by atoms with van der Waals surface area (Å²) in [6.45, 7) is 3.92. The number of methoxy groups -OCH3 is 1. The number of aromatic nitrogens is 3. The Kier molecular flexibility index (Phi) is 8.48. The molecule has 0 radical (unpaired) electrons. The molecule has 0 unspecified atom stereocenters. The monoisotopic (exact) mass is 519 g/mol. The maximum Gasteiger partial charge on any atom is 0.303 e. The van der Waals surface area contributed by atoms with Crippen LogP contribution in [0.15, 0.2) is 30.5 Å². The van der Waals surface area contributed by atoms with Crippen LogP contribution in [0.1, 0.15) is 40.2 Å². The molecule has 0 bridgehead atoms. The molecule has 37 heavy (non-hydrogen) atoms. The summed E-state index contributed by atoms with van der Waals surface area (Å²) in [4.78, 5) is 47.6. The van der Waals surface area contributed by atoms with E-state index in [1.54, 1.807) is 37.6 Å². The zero-order chi connectivity index (χ0) is 27.3. The maximum atomic E-state index is 12.1. The van der Waals surface area contributed by atoms with Crippen LogP contribution in [0.3, 0.4) is 0 Å². The Morgan fingerprint density at radius 2 is 1.54 bits per heavy atom. The van der Waals surface area contributed by atoms with Gasteiger partial charge in [-0.1, -0.05) is 5.21 Å². The first-order chi connectivity index (χ1) is 17.4. The van der Waals surface area contributed by atoms with Gasteiger partial charge >= 0.3 is 23.9 Å². The summed E-state index contributed by atoms with van der Waals surface area (Å²) in [6.07, 6.45) is -2.93. The van der Waals surface area contributed by atoms with Crippen LogP contribution in [0.5, 0.6) is 5.75 Å². The number of hydrogen-bond acceptors (Lipinski definition) is 12. The maximum absolute atomic E-state index is 12.1. The second-order valence-corrected chi connectivity index (χ2v) is 8.65. The molecule has 13 heteroatoms. The van der Waals surface area contributed by atoms with Crippen LogP contribution in [-0.2, 0) is 38.1 Å². The van der Waals surface area contributed by atoms with Crippen molar-refractivity contribution in [1.82, 2.24) is 15.0 Å². The summed E-state index contributed by atoms with van der Waals surface area (Å²) in [6, 6.07) is 6.07. The van der Waals surface area contributed by atoms with Gasteiger partial charge in [0.1, 0.15) is 23.7 Å². The highest BCUT2D eigenvalue weighted by molar-refractivity contribution is 5.69. The van der Waals surface area contributed by atoms with E-state index in [-0.39, 0.29) is 6.42 Å². The number of nitrogens with zero attached hydrogens (tertiary/aromatic N) is 3. The van der Waals surface area contributed by atoms with Crippen molar-refractivity contribution in [2.45, 2.75) is 64.1 Å². The Labute approximate surface area is 212 Å². The Hall–Kier alpha value is -4.00. The quantitative estimate of drug-likeness (QED) is 0.389. The molecule has 1 N–H and O–H groups in total. The molecule has 1 fully saturated rings. The van der Waals surface area contributed by atoms with Crippen LogP contribution in [0, 0.1) is 0 Å². The SMILES string of the molecule is COc1ccc(-c2cn([C@H]3C[C@](O)(COC(C)=O)[C@@H](OC(C)=O)[C@H](OC(C)=O)[C@H]3OC(C)=O)nn2)cc1. The van der Waals surface area contributed by atoms with Crippen LogP contribution >= 0.6 is 0 Å². The molecule has 0 spiro atoms. The first-order valence-electron chi connectivity index (χ1n) is 11.4. The van der Waals surface area contributed by atoms with Crippen molar-refractivity contribution in [2.75, 3.05) is 13.7 Å². The van der Waals surface area contributed by atoms with Gasteiger partial charge in [0.15, 0.2) is 18.3 Å². The average molecular weight is 520 g/mol. The fraction of sp³-hybridized carbons (Fsp3) is 0.500. The third-order valence-corrected chi connectivity index (χ3v) is 5.75. The minimum absolute atomic E-state index is 0.265. The molecule has 1 aliphatic carbocycles. The highest BCUT2D eigenvalue weighted by Gasteiger charge is 2.59. The van der Waals surface area contributed by atoms with E-state index in [9.17, 15) is 24.3 Å². The number of aliphatic hydroxyl groups is 1. The van der Waals surface area contributed by atoms with Crippen LogP contribution in [0.2, 0.25) is 0 Å². The standard InChI is InChI=1S/C24H29N3O10/c1-13(28)34-12-24(32)10-20(27-11-19(25-26-27)17-6-8-18(33-5)9-7-17)21(35-14(2)29)22(36-15(3)30)23(24)37-16(4)31/h6-9,11,20-23,32H,10,12H2,1-5H3/t20-,21-,22+,23-,24-/m0/s1. The fourth-order valence-corrected chi connectivity index (χ4v) is 4.25. The topological polar surface area (TPSA) is 165 Å². The number of rotatable bonds is 8. The number of carbonyl (C=O) groups excluding carboxylic acids is 4. The van der Waals surface area contributed by atoms with E-state index in [2.05, 4.69) is 10.3 Å². The van der Waals surface area contributed by atoms with E-state index in [4.69, 9.17) is 23.7 Å². The zero-order valence-corrected chi connectivity index (χ0v) is 21.1. The normalized spacial score (nSPS) is 25.0. The molecule has 2 aromatic rings. The largest absolute Gasteiger partial charge is 0.497 e. The molecule has 1 heterocycles. The van der Waals surface area contributed by atoms with Gasteiger partial charge < -0.3 is 28.8 Å². The van der Waals surface area contributed by atoms with E-state index < -0.39 is 60.4 Å². The third-order valence-electron chi connectivity index (χ3n) is 5.75. The number of ether oxygens (including phenoxy) is 5. The van der Waals surface area contributed by atoms with E-state index >= 15 is 0 Å². The smallest absolute Gasteiger partial charge is 0.303 e. The van der Waals surface area contributed by atoms with Crippen LogP contribution < -0.4 is 4.74 Å². The number of esters is 4. The second kappa shape index (κ2) is 11.4. The minimum Gasteiger partial charge on any atom is -0.497 e. The highest BCUT2D eigenvalue weighted by atomic mass is 16.6. The van der Waals surface area contributed by atoms with E-state index in [1.807, 2.05) is 0 Å². The summed E-state index contributed by atoms with van der Waals surface area (Å²) >= 11 is 0. The lowest BCUT2D eigenvalue weighted by Crippen LogP contribution is -2.66. The molecule has 3 rings (SSSR count). The minimum atomic E-state index is -2.04. The van der Waals surface area contributed by atoms with E-state index in [0.29, 0.717) is 17.0 Å². The molecular weight excluding hydrogens is 490 g/mol. The summed E-state index contributed by atoms with van der Waals surface area (Å²) < 4.78 is 27.9. The number of hydrogen-bond donors (Lipinski definition) is 1. The van der Waals surface area contributed by atoms with Crippen LogP contribution in [0.25, 0.3) is 11.3 Å². The lowest BCUT2D eigenvalue weighted by atomic mass is 9.75. The molecule has 0 aliphatic heterocycles. The molecular formula is C24H29N3O10. The van der Waals surface area contributed by atoms with Crippen LogP contribution in [0.4, 0.5) is 0 Å². The molecule has 0 amide bonds. The Morgan fingerprint density at radius 3 is 2.08 bits per heavy atom. The van der Waals surface area contributed by atoms with Gasteiger partial charge in [-0.25, -0.2) is 4.68 Å². The number of carbonyl (C=O) groups is 4. The van der Waals surface area contributed by atoms with Crippen molar-refractivity contribution < 1.29 is 48.0 Å². The summed E-state index contributed by atoms with van der Waals surface area (Å²) in [5.74, 6) is -2.34. The molecule has 1 aliphatic rings. The average Bonchev–Trinajstić information content (AvgIpc) is 3.31. The van der Waals surface area contributed by atoms with Gasteiger partial charge in [-0.15, -0.1) is 5.10 Å². The van der Waals surface area contributed by atoms with Gasteiger partial charge in [0.25, 0.3) is 0 Å². The van der Waals surface area contributed by atoms with Crippen molar-refractivity contribution in [3.05, 3.63) is 30.5 Å². The molecule has 0 saturated heterocycles. The van der Waals surface area contributed by atoms with E-state index in [0.717, 1.165) is 27.7 Å². The van der Waals surface area contributed by atoms with Crippen molar-refractivity contribution in [3.8, 4) is 17.0 Å². The van der Waals surface area contributed by atoms with Crippen LogP contribution in [-0.4, -0.2) is 81.6 Å². The number of benzene rings is 1. The second-order valence-electron chi connectivity index (χ2n) is 8.65. The molecule has 1 aromatic carbocycles. The Bertz CT molecular complexity index is 1150. The summed E-state index contributed by atoms with van der Waals surface area (Å²) in [5, 5.41) is 19.9. The molecule has 13 nitrogen and oxygen atoms in total. The molecule has 1 aromatic heterocycles. The summed E-state index contributed by atoms with van der Waals surface area (Å²) in [5.41, 5.74) is -0.874. The molecule has 1 saturated carbocycles. The van der Waals surface area contributed by atoms with Gasteiger partial charge in [0, 0.05) is 39.7 Å². The van der Waals surface area contributed by atoms with Gasteiger partial charge in [-0.2, -0.15) is 0 Å². The first kappa shape index (κ1) is 27.6. The van der Waals surface area contributed by atoms with Gasteiger partial charge in [-0.05, 0) is 24.3 Å². The Morgan fingerprint density at radius 1 is 0.946 bits per heavy atom. The Balaban J connectivity index is 2.08. The predicted molar refractivity (Wildman–Crippen MR) is 124 cm³/mol. The first-order valence-corrected chi connectivity index (χ1v) is 11.4. The van der Waals surface area contributed by atoms with Crippen molar-refractivity contribution in [2.24, 2.45) is 0 Å². The zero-order valence-electron chi connectivity index (χ0n) is 21.1. The fourth-order valence-electron chi connectivity index (χ4n) is 4.25. The summed E-state index contributed by atoms with van der Waals surface area (Å²) in [7, 11) is 1.54. The van der Waals surface area contributed by atoms with Gasteiger partial charge in [0.05, 0.1) is 19.3 Å². The van der Waals surface area contributed by atoms with Gasteiger partial charge in [0.2, 0.25) is 0 Å². The van der Waals surface area contributed by atoms with Crippen molar-refractivity contribution >= 4 is 23.9 Å². The lowest BCUT2D eigenvalue weighted by molar-refractivity contribution is -0.242. The predicted octanol–water partition coefficient (Wildman–Crippen LogP) is 0.988. The van der Waals surface area contributed by atoms with Crippen molar-refractivity contribution in [3.63, 3.8) is 0 Å². The third kappa shape index (κ3) is 6.61. The highest BCUT2D eigenvalue weighted by Crippen LogP contribution is 2.41. The van der Waals surface area contributed by atoms with Crippen molar-refractivity contribution in [1.29, 1.82) is 0 Å².